The lowest BCUT2D eigenvalue weighted by Gasteiger charge is -2.22. The highest BCUT2D eigenvalue weighted by Crippen LogP contribution is 2.13. The van der Waals surface area contributed by atoms with E-state index in [2.05, 4.69) is 6.92 Å². The maximum atomic E-state index is 11.8. The predicted molar refractivity (Wildman–Crippen MR) is 106 cm³/mol. The Morgan fingerprint density at radius 2 is 1.15 bits per heavy atom. The molecule has 0 radical (unpaired) electrons. The van der Waals surface area contributed by atoms with Gasteiger partial charge < -0.3 is 15.1 Å². The third-order valence-corrected chi connectivity index (χ3v) is 4.78. The van der Waals surface area contributed by atoms with Crippen LogP contribution >= 0.6 is 0 Å². The van der Waals surface area contributed by atoms with Crippen molar-refractivity contribution in [2.75, 3.05) is 13.1 Å². The minimum atomic E-state index is -1.14. The van der Waals surface area contributed by atoms with Crippen LogP contribution in [0, 0.1) is 0 Å². The average Bonchev–Trinajstić information content (AvgIpc) is 2.59. The van der Waals surface area contributed by atoms with Crippen LogP contribution in [0.5, 0.6) is 0 Å². The van der Waals surface area contributed by atoms with Crippen molar-refractivity contribution in [1.82, 2.24) is 4.90 Å². The smallest absolute Gasteiger partial charge is 0.323 e. The van der Waals surface area contributed by atoms with Crippen LogP contribution in [0.2, 0.25) is 0 Å². The van der Waals surface area contributed by atoms with Gasteiger partial charge >= 0.3 is 5.97 Å². The predicted octanol–water partition coefficient (Wildman–Crippen LogP) is 4.76. The van der Waals surface area contributed by atoms with Crippen LogP contribution in [0.15, 0.2) is 0 Å². The topological polar surface area (TPSA) is 77.8 Å². The van der Waals surface area contributed by atoms with Crippen LogP contribution in [0.25, 0.3) is 0 Å². The fourth-order valence-electron chi connectivity index (χ4n) is 3.19. The van der Waals surface area contributed by atoms with E-state index in [0.29, 0.717) is 6.54 Å². The maximum absolute atomic E-state index is 11.8. The van der Waals surface area contributed by atoms with Gasteiger partial charge in [-0.25, -0.2) is 0 Å². The number of carbonyl (C=O) groups excluding carboxylic acids is 1. The van der Waals surface area contributed by atoms with E-state index >= 15 is 0 Å². The number of aliphatic carboxylic acids is 1. The molecule has 0 bridgehead atoms. The lowest BCUT2D eigenvalue weighted by Crippen LogP contribution is -2.41. The molecule has 0 aromatic carbocycles. The maximum Gasteiger partial charge on any atom is 0.323 e. The molecule has 0 aromatic heterocycles. The quantitative estimate of drug-likeness (QED) is 0.340. The van der Waals surface area contributed by atoms with Crippen LogP contribution in [-0.4, -0.2) is 46.2 Å². The van der Waals surface area contributed by atoms with Crippen LogP contribution in [-0.2, 0) is 9.59 Å². The highest BCUT2D eigenvalue weighted by molar-refractivity contribution is 5.84. The Hall–Kier alpha value is -1.10. The van der Waals surface area contributed by atoms with Gasteiger partial charge in [-0.2, -0.15) is 0 Å². The molecule has 0 aliphatic heterocycles. The second-order valence-electron chi connectivity index (χ2n) is 7.43. The number of rotatable bonds is 18. The van der Waals surface area contributed by atoms with Gasteiger partial charge in [0.2, 0.25) is 0 Å². The standard InChI is InChI=1S/C21H41NO4/c1-3-4-5-6-7-8-9-10-11-12-13-14-15-16-17-22(18-20(24)25)21(26)19(2)23/h19,23H,3-18H2,1-2H3,(H,24,25). The molecule has 0 spiro atoms. The molecule has 0 rings (SSSR count). The van der Waals surface area contributed by atoms with Crippen molar-refractivity contribution in [3.63, 3.8) is 0 Å². The summed E-state index contributed by atoms with van der Waals surface area (Å²) in [6.07, 6.45) is 16.5. The van der Waals surface area contributed by atoms with Gasteiger partial charge in [-0.05, 0) is 13.3 Å². The van der Waals surface area contributed by atoms with Crippen molar-refractivity contribution in [2.45, 2.75) is 110 Å². The van der Waals surface area contributed by atoms with Crippen molar-refractivity contribution < 1.29 is 19.8 Å². The third kappa shape index (κ3) is 15.2. The summed E-state index contributed by atoms with van der Waals surface area (Å²) in [5.74, 6) is -1.54. The zero-order valence-electron chi connectivity index (χ0n) is 17.0. The molecule has 0 aliphatic rings. The van der Waals surface area contributed by atoms with Gasteiger partial charge in [0.1, 0.15) is 12.6 Å². The van der Waals surface area contributed by atoms with E-state index in [0.717, 1.165) is 19.3 Å². The molecule has 5 nitrogen and oxygen atoms in total. The lowest BCUT2D eigenvalue weighted by atomic mass is 10.0. The van der Waals surface area contributed by atoms with E-state index in [1.807, 2.05) is 0 Å². The summed E-state index contributed by atoms with van der Waals surface area (Å²) in [6.45, 7) is 3.71. The molecule has 1 unspecified atom stereocenters. The minimum absolute atomic E-state index is 0.331. The average molecular weight is 372 g/mol. The third-order valence-electron chi connectivity index (χ3n) is 4.78. The Morgan fingerprint density at radius 1 is 0.769 bits per heavy atom. The molecule has 154 valence electrons. The van der Waals surface area contributed by atoms with E-state index in [9.17, 15) is 14.7 Å². The molecule has 2 N–H and O–H groups in total. The summed E-state index contributed by atoms with van der Waals surface area (Å²) in [7, 11) is 0. The first-order valence-electron chi connectivity index (χ1n) is 10.7. The van der Waals surface area contributed by atoms with Crippen LogP contribution < -0.4 is 0 Å². The molecule has 0 saturated heterocycles. The number of amides is 1. The van der Waals surface area contributed by atoms with Crippen molar-refractivity contribution in [3.8, 4) is 0 Å². The van der Waals surface area contributed by atoms with Gasteiger partial charge in [0.15, 0.2) is 0 Å². The fraction of sp³-hybridized carbons (Fsp3) is 0.905. The van der Waals surface area contributed by atoms with Crippen molar-refractivity contribution in [2.24, 2.45) is 0 Å². The number of hydrogen-bond donors (Lipinski definition) is 2. The highest BCUT2D eigenvalue weighted by atomic mass is 16.4. The summed E-state index contributed by atoms with van der Waals surface area (Å²) >= 11 is 0. The zero-order chi connectivity index (χ0) is 19.6. The molecular weight excluding hydrogens is 330 g/mol. The molecule has 0 aromatic rings. The molecule has 1 atom stereocenters. The molecule has 0 fully saturated rings. The van der Waals surface area contributed by atoms with E-state index in [4.69, 9.17) is 5.11 Å². The van der Waals surface area contributed by atoms with Crippen molar-refractivity contribution in [3.05, 3.63) is 0 Å². The van der Waals surface area contributed by atoms with Crippen molar-refractivity contribution >= 4 is 11.9 Å². The molecule has 0 heterocycles. The number of carboxylic acids is 1. The SMILES string of the molecule is CCCCCCCCCCCCCCCCN(CC(=O)O)C(=O)C(C)O. The number of unbranched alkanes of at least 4 members (excludes halogenated alkanes) is 13. The number of aliphatic hydroxyl groups excluding tert-OH is 1. The first-order chi connectivity index (χ1) is 12.5. The van der Waals surface area contributed by atoms with E-state index in [1.165, 1.54) is 82.5 Å². The second kappa shape index (κ2) is 17.3. The number of hydrogen-bond acceptors (Lipinski definition) is 3. The Kier molecular flexibility index (Phi) is 16.6. The van der Waals surface area contributed by atoms with Gasteiger partial charge in [0, 0.05) is 6.54 Å². The Bertz CT molecular complexity index is 358. The molecule has 26 heavy (non-hydrogen) atoms. The Morgan fingerprint density at radius 3 is 1.50 bits per heavy atom. The van der Waals surface area contributed by atoms with Gasteiger partial charge in [0.25, 0.3) is 5.91 Å². The van der Waals surface area contributed by atoms with E-state index in [1.54, 1.807) is 0 Å². The molecule has 1 amide bonds. The van der Waals surface area contributed by atoms with Gasteiger partial charge in [-0.15, -0.1) is 0 Å². The normalized spacial score (nSPS) is 12.1. The van der Waals surface area contributed by atoms with Gasteiger partial charge in [-0.3, -0.25) is 9.59 Å². The number of carboxylic acid groups (broad SMARTS) is 1. The van der Waals surface area contributed by atoms with Crippen molar-refractivity contribution in [1.29, 1.82) is 0 Å². The summed E-state index contributed by atoms with van der Waals surface area (Å²) < 4.78 is 0. The van der Waals surface area contributed by atoms with Gasteiger partial charge in [-0.1, -0.05) is 90.4 Å². The molecule has 5 heteroatoms. The summed E-state index contributed by atoms with van der Waals surface area (Å²) in [4.78, 5) is 23.8. The highest BCUT2D eigenvalue weighted by Gasteiger charge is 2.20. The molecular formula is C21H41NO4. The Balaban J connectivity index is 3.50. The van der Waals surface area contributed by atoms with E-state index in [-0.39, 0.29) is 6.54 Å². The van der Waals surface area contributed by atoms with E-state index < -0.39 is 18.0 Å². The fourth-order valence-corrected chi connectivity index (χ4v) is 3.19. The van der Waals surface area contributed by atoms with Gasteiger partial charge in [0.05, 0.1) is 0 Å². The number of nitrogens with zero attached hydrogens (tertiary/aromatic N) is 1. The summed E-state index contributed by atoms with van der Waals surface area (Å²) in [6, 6.07) is 0. The lowest BCUT2D eigenvalue weighted by molar-refractivity contribution is -0.148. The second-order valence-corrected chi connectivity index (χ2v) is 7.43. The number of aliphatic hydroxyl groups is 1. The molecule has 0 aliphatic carbocycles. The van der Waals surface area contributed by atoms with Crippen LogP contribution in [0.1, 0.15) is 104 Å². The summed E-state index contributed by atoms with van der Waals surface area (Å²) in [5.41, 5.74) is 0. The van der Waals surface area contributed by atoms with Crippen LogP contribution in [0.3, 0.4) is 0 Å². The largest absolute Gasteiger partial charge is 0.480 e. The Labute approximate surface area is 160 Å². The van der Waals surface area contributed by atoms with Crippen LogP contribution in [0.4, 0.5) is 0 Å². The first-order valence-corrected chi connectivity index (χ1v) is 10.7. The first kappa shape index (κ1) is 24.9. The summed E-state index contributed by atoms with van der Waals surface area (Å²) in [5, 5.41) is 18.2. The number of carbonyl (C=O) groups is 2. The zero-order valence-corrected chi connectivity index (χ0v) is 17.0. The molecule has 0 saturated carbocycles. The monoisotopic (exact) mass is 371 g/mol. The minimum Gasteiger partial charge on any atom is -0.480 e.